The summed E-state index contributed by atoms with van der Waals surface area (Å²) in [6, 6.07) is 5.60. The number of carbonyl (C=O) groups excluding carboxylic acids is 1. The minimum absolute atomic E-state index is 0.103. The Balaban J connectivity index is 1.66. The molecule has 0 radical (unpaired) electrons. The second kappa shape index (κ2) is 5.35. The van der Waals surface area contributed by atoms with E-state index in [4.69, 9.17) is 11.6 Å². The molecule has 20 heavy (non-hydrogen) atoms. The summed E-state index contributed by atoms with van der Waals surface area (Å²) in [4.78, 5) is 14.8. The molecule has 3 aliphatic rings. The molecule has 3 fully saturated rings. The third-order valence-electron chi connectivity index (χ3n) is 4.62. The number of halogens is 1. The van der Waals surface area contributed by atoms with Gasteiger partial charge in [0.15, 0.2) is 6.54 Å². The van der Waals surface area contributed by atoms with Crippen molar-refractivity contribution in [2.24, 2.45) is 0 Å². The molecule has 5 heteroatoms. The monoisotopic (exact) mass is 294 g/mol. The predicted molar refractivity (Wildman–Crippen MR) is 81.0 cm³/mol. The third-order valence-corrected chi connectivity index (χ3v) is 4.86. The standard InChI is InChI=1S/C15H20ClN3O/c1-12-2-3-13(16)10-14(12)17-15(20)11-19-7-4-18(5-8-19)6-9-19/h2-3,10H,4-9,11H2,1H3/p+1. The fourth-order valence-electron chi connectivity index (χ4n) is 3.19. The van der Waals surface area contributed by atoms with Gasteiger partial charge in [0.25, 0.3) is 5.91 Å². The van der Waals surface area contributed by atoms with E-state index in [1.165, 1.54) is 0 Å². The van der Waals surface area contributed by atoms with Gasteiger partial charge in [-0.25, -0.2) is 0 Å². The van der Waals surface area contributed by atoms with Gasteiger partial charge in [0.05, 0.1) is 19.6 Å². The van der Waals surface area contributed by atoms with Crippen molar-refractivity contribution in [3.05, 3.63) is 28.8 Å². The molecule has 4 nitrogen and oxygen atoms in total. The number of rotatable bonds is 3. The van der Waals surface area contributed by atoms with Crippen molar-refractivity contribution in [2.45, 2.75) is 6.92 Å². The number of hydrogen-bond acceptors (Lipinski definition) is 2. The average molecular weight is 295 g/mol. The molecule has 0 aliphatic carbocycles. The summed E-state index contributed by atoms with van der Waals surface area (Å²) in [5.41, 5.74) is 1.88. The van der Waals surface area contributed by atoms with Gasteiger partial charge < -0.3 is 9.80 Å². The van der Waals surface area contributed by atoms with Crippen LogP contribution in [0.4, 0.5) is 5.69 Å². The highest BCUT2D eigenvalue weighted by Crippen LogP contribution is 2.22. The fraction of sp³-hybridized carbons (Fsp3) is 0.533. The number of carbonyl (C=O) groups is 1. The van der Waals surface area contributed by atoms with Crippen LogP contribution in [-0.2, 0) is 4.79 Å². The number of hydrogen-bond donors (Lipinski definition) is 1. The summed E-state index contributed by atoms with van der Waals surface area (Å²) in [5.74, 6) is 0.103. The first kappa shape index (κ1) is 13.9. The summed E-state index contributed by atoms with van der Waals surface area (Å²) in [6.45, 7) is 9.25. The highest BCUT2D eigenvalue weighted by molar-refractivity contribution is 6.31. The molecule has 1 amide bonds. The van der Waals surface area contributed by atoms with Crippen LogP contribution in [0.15, 0.2) is 18.2 Å². The van der Waals surface area contributed by atoms with E-state index in [1.54, 1.807) is 0 Å². The van der Waals surface area contributed by atoms with Gasteiger partial charge >= 0.3 is 0 Å². The van der Waals surface area contributed by atoms with Crippen molar-refractivity contribution >= 4 is 23.2 Å². The van der Waals surface area contributed by atoms with E-state index in [0.29, 0.717) is 11.6 Å². The Kier molecular flexibility index (Phi) is 3.71. The summed E-state index contributed by atoms with van der Waals surface area (Å²) < 4.78 is 0.946. The SMILES string of the molecule is Cc1ccc(Cl)cc1NC(=O)C[N+]12CCN(CC1)CC2. The Labute approximate surface area is 124 Å². The molecule has 108 valence electrons. The van der Waals surface area contributed by atoms with Crippen LogP contribution in [0.1, 0.15) is 5.56 Å². The number of anilines is 1. The summed E-state index contributed by atoms with van der Waals surface area (Å²) in [7, 11) is 0. The van der Waals surface area contributed by atoms with Crippen LogP contribution < -0.4 is 5.32 Å². The molecule has 4 rings (SSSR count). The summed E-state index contributed by atoms with van der Waals surface area (Å²) in [5, 5.41) is 3.68. The second-order valence-corrected chi connectivity index (χ2v) is 6.46. The molecule has 0 spiro atoms. The van der Waals surface area contributed by atoms with Crippen LogP contribution in [-0.4, -0.2) is 61.1 Å². The lowest BCUT2D eigenvalue weighted by molar-refractivity contribution is -0.933. The van der Waals surface area contributed by atoms with Gasteiger partial charge in [0.2, 0.25) is 0 Å². The Hall–Kier alpha value is -1.10. The van der Waals surface area contributed by atoms with Crippen LogP contribution in [0.3, 0.4) is 0 Å². The van der Waals surface area contributed by atoms with Crippen LogP contribution in [0, 0.1) is 6.92 Å². The van der Waals surface area contributed by atoms with Gasteiger partial charge in [0, 0.05) is 30.3 Å². The highest BCUT2D eigenvalue weighted by Gasteiger charge is 2.39. The molecule has 0 unspecified atom stereocenters. The number of nitrogens with zero attached hydrogens (tertiary/aromatic N) is 2. The lowest BCUT2D eigenvalue weighted by Gasteiger charge is -2.50. The topological polar surface area (TPSA) is 32.3 Å². The van der Waals surface area contributed by atoms with Gasteiger partial charge in [-0.3, -0.25) is 9.69 Å². The van der Waals surface area contributed by atoms with E-state index >= 15 is 0 Å². The highest BCUT2D eigenvalue weighted by atomic mass is 35.5. The number of fused-ring (bicyclic) bond motifs is 3. The van der Waals surface area contributed by atoms with Crippen molar-refractivity contribution in [1.82, 2.24) is 4.90 Å². The number of aryl methyl sites for hydroxylation is 1. The zero-order chi connectivity index (χ0) is 14.2. The molecule has 0 aromatic heterocycles. The Morgan fingerprint density at radius 1 is 1.30 bits per heavy atom. The molecule has 3 heterocycles. The van der Waals surface area contributed by atoms with Gasteiger partial charge in [-0.15, -0.1) is 0 Å². The van der Waals surface area contributed by atoms with Crippen LogP contribution >= 0.6 is 11.6 Å². The number of nitrogens with one attached hydrogen (secondary N) is 1. The van der Waals surface area contributed by atoms with Crippen molar-refractivity contribution in [3.8, 4) is 0 Å². The molecule has 0 saturated carbocycles. The zero-order valence-corrected chi connectivity index (χ0v) is 12.6. The predicted octanol–water partition coefficient (Wildman–Crippen LogP) is 1.73. The summed E-state index contributed by atoms with van der Waals surface area (Å²) in [6.07, 6.45) is 0. The lowest BCUT2D eigenvalue weighted by atomic mass is 10.1. The van der Waals surface area contributed by atoms with E-state index in [2.05, 4.69) is 10.2 Å². The Morgan fingerprint density at radius 3 is 2.60 bits per heavy atom. The van der Waals surface area contributed by atoms with Crippen LogP contribution in [0.5, 0.6) is 0 Å². The first-order chi connectivity index (χ1) is 9.56. The third kappa shape index (κ3) is 2.82. The van der Waals surface area contributed by atoms with E-state index in [-0.39, 0.29) is 5.91 Å². The molecule has 2 bridgehead atoms. The van der Waals surface area contributed by atoms with E-state index < -0.39 is 0 Å². The molecule has 3 saturated heterocycles. The molecule has 3 aliphatic heterocycles. The van der Waals surface area contributed by atoms with E-state index in [9.17, 15) is 4.79 Å². The number of piperazine rings is 3. The maximum Gasteiger partial charge on any atom is 0.279 e. The molecule has 1 aromatic carbocycles. The van der Waals surface area contributed by atoms with Crippen molar-refractivity contribution in [2.75, 3.05) is 51.1 Å². The first-order valence-corrected chi connectivity index (χ1v) is 7.58. The normalized spacial score (nSPS) is 28.4. The minimum atomic E-state index is 0.103. The molecule has 1 aromatic rings. The Bertz CT molecular complexity index is 510. The zero-order valence-electron chi connectivity index (χ0n) is 11.9. The lowest BCUT2D eigenvalue weighted by Crippen LogP contribution is -2.68. The van der Waals surface area contributed by atoms with E-state index in [1.807, 2.05) is 25.1 Å². The van der Waals surface area contributed by atoms with Gasteiger partial charge in [0.1, 0.15) is 0 Å². The van der Waals surface area contributed by atoms with Gasteiger partial charge in [-0.05, 0) is 24.6 Å². The van der Waals surface area contributed by atoms with Crippen molar-refractivity contribution in [3.63, 3.8) is 0 Å². The smallest absolute Gasteiger partial charge is 0.279 e. The Morgan fingerprint density at radius 2 is 1.95 bits per heavy atom. The maximum absolute atomic E-state index is 12.3. The number of benzene rings is 1. The molecular weight excluding hydrogens is 274 g/mol. The largest absolute Gasteiger partial charge is 0.321 e. The fourth-order valence-corrected chi connectivity index (χ4v) is 3.36. The maximum atomic E-state index is 12.3. The quantitative estimate of drug-likeness (QED) is 0.861. The average Bonchev–Trinajstić information content (AvgIpc) is 2.44. The van der Waals surface area contributed by atoms with Gasteiger partial charge in [-0.1, -0.05) is 17.7 Å². The first-order valence-electron chi connectivity index (χ1n) is 7.20. The molecular formula is C15H21ClN3O+. The summed E-state index contributed by atoms with van der Waals surface area (Å²) >= 11 is 5.99. The van der Waals surface area contributed by atoms with Crippen molar-refractivity contribution < 1.29 is 9.28 Å². The van der Waals surface area contributed by atoms with E-state index in [0.717, 1.165) is 55.0 Å². The number of quaternary nitrogens is 1. The molecule has 1 N–H and O–H groups in total. The van der Waals surface area contributed by atoms with Crippen molar-refractivity contribution in [1.29, 1.82) is 0 Å². The van der Waals surface area contributed by atoms with Crippen LogP contribution in [0.25, 0.3) is 0 Å². The number of amides is 1. The second-order valence-electron chi connectivity index (χ2n) is 6.02. The molecule has 0 atom stereocenters. The van der Waals surface area contributed by atoms with Crippen LogP contribution in [0.2, 0.25) is 5.02 Å². The minimum Gasteiger partial charge on any atom is -0.321 e. The van der Waals surface area contributed by atoms with Gasteiger partial charge in [-0.2, -0.15) is 0 Å².